The van der Waals surface area contributed by atoms with Gasteiger partial charge >= 0.3 is 0 Å². The van der Waals surface area contributed by atoms with Gasteiger partial charge < -0.3 is 0 Å². The highest BCUT2D eigenvalue weighted by molar-refractivity contribution is 6.40. The number of rotatable bonds is 2. The maximum atomic E-state index is 13.9. The minimum atomic E-state index is -0.237. The number of carbonyl (C=O) groups excluding carboxylic acids is 2. The van der Waals surface area contributed by atoms with Crippen molar-refractivity contribution in [3.05, 3.63) is 94.3 Å². The quantitative estimate of drug-likeness (QED) is 0.153. The molecule has 0 radical (unpaired) electrons. The SMILES string of the molecule is CCCN1C(=O)c2ccc3c4ccc5c(=O)n6c7ccccc7nc6c6ccc(c7ccc(c2c37)C1=O)c4c56. The van der Waals surface area contributed by atoms with Crippen molar-refractivity contribution in [3.63, 3.8) is 0 Å². The summed E-state index contributed by atoms with van der Waals surface area (Å²) in [6.07, 6.45) is 0.707. The number of hydrogen-bond donors (Lipinski definition) is 0. The summed E-state index contributed by atoms with van der Waals surface area (Å²) in [7, 11) is 0. The Balaban J connectivity index is 1.50. The summed E-state index contributed by atoms with van der Waals surface area (Å²) in [5.41, 5.74) is 3.29. The molecule has 184 valence electrons. The van der Waals surface area contributed by atoms with Crippen molar-refractivity contribution in [1.29, 1.82) is 0 Å². The Hall–Kier alpha value is -5.10. The minimum absolute atomic E-state index is 0.0850. The second kappa shape index (κ2) is 6.85. The van der Waals surface area contributed by atoms with Crippen LogP contribution in [0.4, 0.5) is 0 Å². The van der Waals surface area contributed by atoms with Crippen LogP contribution in [-0.2, 0) is 0 Å². The van der Waals surface area contributed by atoms with Crippen molar-refractivity contribution in [1.82, 2.24) is 14.3 Å². The third-order valence-electron chi connectivity index (χ3n) is 8.54. The van der Waals surface area contributed by atoms with Crippen LogP contribution in [0, 0.1) is 0 Å². The highest BCUT2D eigenvalue weighted by Crippen LogP contribution is 2.45. The van der Waals surface area contributed by atoms with Crippen molar-refractivity contribution in [3.8, 4) is 0 Å². The lowest BCUT2D eigenvalue weighted by Gasteiger charge is -2.28. The van der Waals surface area contributed by atoms with Gasteiger partial charge in [-0.2, -0.15) is 0 Å². The van der Waals surface area contributed by atoms with Crippen molar-refractivity contribution >= 4 is 82.4 Å². The molecule has 1 aliphatic heterocycles. The third-order valence-corrected chi connectivity index (χ3v) is 8.54. The van der Waals surface area contributed by atoms with E-state index >= 15 is 0 Å². The number of benzene rings is 6. The fraction of sp³-hybridized carbons (Fsp3) is 0.0909. The van der Waals surface area contributed by atoms with E-state index in [1.807, 2.05) is 67.6 Å². The molecule has 6 nitrogen and oxygen atoms in total. The molecule has 0 spiro atoms. The summed E-state index contributed by atoms with van der Waals surface area (Å²) in [5, 5.41) is 9.07. The summed E-state index contributed by atoms with van der Waals surface area (Å²) >= 11 is 0. The molecule has 0 N–H and O–H groups in total. The van der Waals surface area contributed by atoms with Crippen molar-refractivity contribution in [2.75, 3.05) is 6.54 Å². The number of amides is 2. The van der Waals surface area contributed by atoms with Crippen molar-refractivity contribution < 1.29 is 9.59 Å². The summed E-state index contributed by atoms with van der Waals surface area (Å²) in [6, 6.07) is 23.5. The normalized spacial score (nSPS) is 14.1. The maximum absolute atomic E-state index is 13.9. The van der Waals surface area contributed by atoms with Crippen molar-refractivity contribution in [2.45, 2.75) is 13.3 Å². The van der Waals surface area contributed by atoms with E-state index in [1.54, 1.807) is 4.40 Å². The maximum Gasteiger partial charge on any atom is 0.264 e. The van der Waals surface area contributed by atoms with Gasteiger partial charge in [-0.3, -0.25) is 23.7 Å². The number of pyridine rings is 1. The molecule has 0 bridgehead atoms. The van der Waals surface area contributed by atoms with Gasteiger partial charge in [0, 0.05) is 39.2 Å². The van der Waals surface area contributed by atoms with E-state index in [-0.39, 0.29) is 17.4 Å². The Morgan fingerprint density at radius 1 is 0.615 bits per heavy atom. The van der Waals surface area contributed by atoms with Crippen LogP contribution in [0.15, 0.2) is 77.6 Å². The molecule has 0 aliphatic carbocycles. The number of nitrogens with zero attached hydrogens (tertiary/aromatic N) is 3. The van der Waals surface area contributed by atoms with Crippen LogP contribution < -0.4 is 5.56 Å². The van der Waals surface area contributed by atoms with Gasteiger partial charge in [0.2, 0.25) is 0 Å². The first-order valence-corrected chi connectivity index (χ1v) is 13.2. The molecule has 0 fully saturated rings. The lowest BCUT2D eigenvalue weighted by Crippen LogP contribution is -2.40. The van der Waals surface area contributed by atoms with Gasteiger partial charge in [0.1, 0.15) is 5.65 Å². The smallest absolute Gasteiger partial charge is 0.264 e. The van der Waals surface area contributed by atoms with Crippen LogP contribution in [0.5, 0.6) is 0 Å². The van der Waals surface area contributed by atoms with E-state index in [4.69, 9.17) is 4.98 Å². The molecule has 9 rings (SSSR count). The molecule has 8 aromatic rings. The molecule has 0 saturated carbocycles. The molecule has 0 unspecified atom stereocenters. The average molecular weight is 506 g/mol. The molecule has 0 saturated heterocycles. The zero-order chi connectivity index (χ0) is 26.2. The van der Waals surface area contributed by atoms with Gasteiger partial charge in [-0.05, 0) is 75.1 Å². The Kier molecular flexibility index (Phi) is 3.67. The predicted molar refractivity (Wildman–Crippen MR) is 155 cm³/mol. The number of hydrogen-bond acceptors (Lipinski definition) is 4. The molecule has 39 heavy (non-hydrogen) atoms. The Labute approximate surface area is 220 Å². The monoisotopic (exact) mass is 505 g/mol. The Bertz CT molecular complexity index is 2400. The van der Waals surface area contributed by atoms with Crippen LogP contribution in [0.1, 0.15) is 34.1 Å². The first-order chi connectivity index (χ1) is 19.1. The van der Waals surface area contributed by atoms with Crippen LogP contribution in [-0.4, -0.2) is 32.6 Å². The molecule has 2 amide bonds. The molecule has 1 aliphatic rings. The largest absolute Gasteiger partial charge is 0.274 e. The van der Waals surface area contributed by atoms with Crippen LogP contribution in [0.25, 0.3) is 70.5 Å². The molecule has 6 aromatic carbocycles. The van der Waals surface area contributed by atoms with Gasteiger partial charge in [-0.15, -0.1) is 0 Å². The number of para-hydroxylation sites is 2. The van der Waals surface area contributed by atoms with Gasteiger partial charge in [0.25, 0.3) is 17.4 Å². The van der Waals surface area contributed by atoms with E-state index in [1.165, 1.54) is 4.90 Å². The average Bonchev–Trinajstić information content (AvgIpc) is 3.36. The van der Waals surface area contributed by atoms with E-state index in [0.29, 0.717) is 35.1 Å². The molecule has 6 heteroatoms. The second-order valence-corrected chi connectivity index (χ2v) is 10.5. The summed E-state index contributed by atoms with van der Waals surface area (Å²) in [6.45, 7) is 2.36. The third kappa shape index (κ3) is 2.30. The second-order valence-electron chi connectivity index (χ2n) is 10.5. The minimum Gasteiger partial charge on any atom is -0.274 e. The standard InChI is InChI=1S/C33H19N3O3/c1-2-15-35-31(37)21-12-8-18-16-7-11-20-28-23(33(39)36-25-6-4-3-5-24(25)34-30(20)36)14-10-17(26(16)28)19-9-13-22(32(35)38)29(21)27(18)19/h3-14H,2,15H2,1H3. The van der Waals surface area contributed by atoms with Crippen molar-refractivity contribution in [2.24, 2.45) is 0 Å². The lowest BCUT2D eigenvalue weighted by atomic mass is 9.84. The van der Waals surface area contributed by atoms with Gasteiger partial charge in [0.15, 0.2) is 0 Å². The molecular formula is C33H19N3O3. The summed E-state index contributed by atoms with van der Waals surface area (Å²) in [5.74, 6) is -0.475. The fourth-order valence-corrected chi connectivity index (χ4v) is 6.95. The highest BCUT2D eigenvalue weighted by Gasteiger charge is 2.33. The zero-order valence-corrected chi connectivity index (χ0v) is 20.9. The van der Waals surface area contributed by atoms with Gasteiger partial charge in [-0.1, -0.05) is 43.3 Å². The van der Waals surface area contributed by atoms with E-state index in [2.05, 4.69) is 12.1 Å². The number of carbonyl (C=O) groups is 2. The Morgan fingerprint density at radius 2 is 1.15 bits per heavy atom. The summed E-state index contributed by atoms with van der Waals surface area (Å²) in [4.78, 5) is 46.9. The van der Waals surface area contributed by atoms with Crippen LogP contribution >= 0.6 is 0 Å². The zero-order valence-electron chi connectivity index (χ0n) is 20.9. The molecular weight excluding hydrogens is 486 g/mol. The van der Waals surface area contributed by atoms with Gasteiger partial charge in [0.05, 0.1) is 11.0 Å². The van der Waals surface area contributed by atoms with E-state index in [9.17, 15) is 14.4 Å². The number of imide groups is 1. The predicted octanol–water partition coefficient (Wildman–Crippen LogP) is 6.50. The Morgan fingerprint density at radius 3 is 1.82 bits per heavy atom. The van der Waals surface area contributed by atoms with E-state index < -0.39 is 0 Å². The first-order valence-electron chi connectivity index (χ1n) is 13.2. The number of fused-ring (bicyclic) bond motifs is 6. The first kappa shape index (κ1) is 20.9. The van der Waals surface area contributed by atoms with Crippen LogP contribution in [0.3, 0.4) is 0 Å². The van der Waals surface area contributed by atoms with Crippen LogP contribution in [0.2, 0.25) is 0 Å². The molecule has 2 aromatic heterocycles. The highest BCUT2D eigenvalue weighted by atomic mass is 16.2. The van der Waals surface area contributed by atoms with E-state index in [0.717, 1.165) is 59.5 Å². The molecule has 0 atom stereocenters. The number of aromatic nitrogens is 2. The summed E-state index contributed by atoms with van der Waals surface area (Å²) < 4.78 is 1.72. The number of imidazole rings is 1. The topological polar surface area (TPSA) is 71.8 Å². The fourth-order valence-electron chi connectivity index (χ4n) is 6.95. The molecule has 3 heterocycles. The van der Waals surface area contributed by atoms with Gasteiger partial charge in [-0.25, -0.2) is 4.98 Å². The lowest BCUT2D eigenvalue weighted by molar-refractivity contribution is 0.0611.